The highest BCUT2D eigenvalue weighted by Crippen LogP contribution is 2.31. The summed E-state index contributed by atoms with van der Waals surface area (Å²) in [5.41, 5.74) is 1.06. The maximum absolute atomic E-state index is 12.9. The number of ether oxygens (including phenoxy) is 3. The van der Waals surface area contributed by atoms with Gasteiger partial charge in [-0.3, -0.25) is 4.79 Å². The van der Waals surface area contributed by atoms with Crippen molar-refractivity contribution in [3.05, 3.63) is 59.4 Å². The van der Waals surface area contributed by atoms with Crippen LogP contribution in [0.1, 0.15) is 22.8 Å². The Morgan fingerprint density at radius 1 is 1.07 bits per heavy atom. The molecule has 0 heterocycles. The molecule has 1 N–H and O–H groups in total. The van der Waals surface area contributed by atoms with Crippen molar-refractivity contribution in [3.8, 4) is 11.5 Å². The van der Waals surface area contributed by atoms with Gasteiger partial charge in [-0.15, -0.1) is 0 Å². The molecule has 0 aliphatic rings. The molecule has 0 aliphatic heterocycles. The average Bonchev–Trinajstić information content (AvgIpc) is 2.68. The van der Waals surface area contributed by atoms with E-state index < -0.39 is 18.0 Å². The maximum atomic E-state index is 12.9. The Hall–Kier alpha value is -3.09. The fourth-order valence-corrected chi connectivity index (χ4v) is 2.45. The van der Waals surface area contributed by atoms with Crippen molar-refractivity contribution in [2.75, 3.05) is 20.8 Å². The van der Waals surface area contributed by atoms with Gasteiger partial charge in [-0.25, -0.2) is 9.18 Å². The van der Waals surface area contributed by atoms with Gasteiger partial charge in [0.05, 0.1) is 14.2 Å². The minimum Gasteiger partial charge on any atom is -0.493 e. The monoisotopic (exact) mass is 375 g/mol. The molecule has 0 radical (unpaired) electrons. The molecule has 1 amide bonds. The van der Waals surface area contributed by atoms with Crippen LogP contribution in [0.15, 0.2) is 42.5 Å². The Morgan fingerprint density at radius 3 is 2.41 bits per heavy atom. The van der Waals surface area contributed by atoms with E-state index in [9.17, 15) is 14.0 Å². The molecular weight excluding hydrogens is 353 g/mol. The topological polar surface area (TPSA) is 73.9 Å². The third kappa shape index (κ3) is 5.44. The highest BCUT2D eigenvalue weighted by atomic mass is 19.1. The molecule has 2 aromatic carbocycles. The minimum atomic E-state index is -0.985. The summed E-state index contributed by atoms with van der Waals surface area (Å²) in [4.78, 5) is 24.5. The number of esters is 1. The fraction of sp³-hybridized carbons (Fsp3) is 0.300. The number of rotatable bonds is 8. The van der Waals surface area contributed by atoms with Crippen molar-refractivity contribution < 1.29 is 28.2 Å². The predicted molar refractivity (Wildman–Crippen MR) is 97.5 cm³/mol. The summed E-state index contributed by atoms with van der Waals surface area (Å²) in [7, 11) is 2.88. The molecule has 7 heteroatoms. The van der Waals surface area contributed by atoms with Gasteiger partial charge in [-0.2, -0.15) is 0 Å². The third-order valence-electron chi connectivity index (χ3n) is 3.90. The Balaban J connectivity index is 1.90. The first kappa shape index (κ1) is 20.2. The van der Waals surface area contributed by atoms with Crippen molar-refractivity contribution in [1.29, 1.82) is 0 Å². The first-order valence-corrected chi connectivity index (χ1v) is 8.40. The van der Waals surface area contributed by atoms with E-state index in [0.29, 0.717) is 18.7 Å². The molecule has 0 saturated heterocycles. The van der Waals surface area contributed by atoms with Crippen LogP contribution in [-0.2, 0) is 16.0 Å². The van der Waals surface area contributed by atoms with Gasteiger partial charge in [-0.05, 0) is 43.2 Å². The number of carbonyl (C=O) groups excluding carboxylic acids is 2. The Bertz CT molecular complexity index is 791. The molecule has 0 aromatic heterocycles. The number of para-hydroxylation sites is 1. The molecular formula is C20H22FNO5. The molecule has 6 nitrogen and oxygen atoms in total. The molecule has 2 aromatic rings. The van der Waals surface area contributed by atoms with E-state index in [4.69, 9.17) is 14.2 Å². The third-order valence-corrected chi connectivity index (χ3v) is 3.90. The quantitative estimate of drug-likeness (QED) is 0.718. The summed E-state index contributed by atoms with van der Waals surface area (Å²) < 4.78 is 28.4. The van der Waals surface area contributed by atoms with E-state index in [1.165, 1.54) is 39.3 Å². The molecule has 0 bridgehead atoms. The van der Waals surface area contributed by atoms with Crippen LogP contribution in [0.2, 0.25) is 0 Å². The number of hydrogen-bond donors (Lipinski definition) is 1. The van der Waals surface area contributed by atoms with E-state index in [-0.39, 0.29) is 17.1 Å². The summed E-state index contributed by atoms with van der Waals surface area (Å²) in [5.74, 6) is -0.784. The van der Waals surface area contributed by atoms with Crippen molar-refractivity contribution in [2.24, 2.45) is 0 Å². The van der Waals surface area contributed by atoms with Crippen LogP contribution >= 0.6 is 0 Å². The van der Waals surface area contributed by atoms with Gasteiger partial charge in [0.25, 0.3) is 5.91 Å². The number of methoxy groups -OCH3 is 2. The van der Waals surface area contributed by atoms with Gasteiger partial charge in [-0.1, -0.05) is 18.2 Å². The second kappa shape index (κ2) is 9.56. The van der Waals surface area contributed by atoms with Gasteiger partial charge in [0, 0.05) is 6.54 Å². The minimum absolute atomic E-state index is 0.169. The smallest absolute Gasteiger partial charge is 0.342 e. The van der Waals surface area contributed by atoms with E-state index in [1.807, 2.05) is 0 Å². The van der Waals surface area contributed by atoms with E-state index in [1.54, 1.807) is 24.3 Å². The lowest BCUT2D eigenvalue weighted by Gasteiger charge is -2.16. The standard InChI is InChI=1S/C20H22FNO5/c1-13(19(23)22-12-11-14-7-9-15(21)10-8-14)27-20(24)16-5-4-6-17(25-2)18(16)26-3/h4-10,13H,11-12H2,1-3H3,(H,22,23)/t13-/m1/s1. The van der Waals surface area contributed by atoms with Gasteiger partial charge < -0.3 is 19.5 Å². The van der Waals surface area contributed by atoms with Crippen LogP contribution in [0, 0.1) is 5.82 Å². The predicted octanol–water partition coefficient (Wildman–Crippen LogP) is 2.75. The lowest BCUT2D eigenvalue weighted by molar-refractivity contribution is -0.129. The molecule has 0 aliphatic carbocycles. The summed E-state index contributed by atoms with van der Waals surface area (Å²) in [5, 5.41) is 2.69. The van der Waals surface area contributed by atoms with Crippen LogP contribution in [0.4, 0.5) is 4.39 Å². The summed E-state index contributed by atoms with van der Waals surface area (Å²) in [6.07, 6.45) is -0.447. The largest absolute Gasteiger partial charge is 0.493 e. The number of benzene rings is 2. The zero-order chi connectivity index (χ0) is 19.8. The maximum Gasteiger partial charge on any atom is 0.342 e. The molecule has 0 spiro atoms. The van der Waals surface area contributed by atoms with E-state index in [2.05, 4.69) is 5.32 Å². The Morgan fingerprint density at radius 2 is 1.78 bits per heavy atom. The lowest BCUT2D eigenvalue weighted by atomic mass is 10.1. The number of halogens is 1. The highest BCUT2D eigenvalue weighted by Gasteiger charge is 2.22. The second-order valence-corrected chi connectivity index (χ2v) is 5.76. The van der Waals surface area contributed by atoms with Crippen LogP contribution in [0.3, 0.4) is 0 Å². The van der Waals surface area contributed by atoms with E-state index >= 15 is 0 Å². The van der Waals surface area contributed by atoms with Crippen molar-refractivity contribution >= 4 is 11.9 Å². The SMILES string of the molecule is COc1cccc(C(=O)O[C@H](C)C(=O)NCCc2ccc(F)cc2)c1OC. The summed E-state index contributed by atoms with van der Waals surface area (Å²) >= 11 is 0. The van der Waals surface area contributed by atoms with E-state index in [0.717, 1.165) is 5.56 Å². The first-order chi connectivity index (χ1) is 13.0. The van der Waals surface area contributed by atoms with Crippen LogP contribution < -0.4 is 14.8 Å². The highest BCUT2D eigenvalue weighted by molar-refractivity contribution is 5.95. The van der Waals surface area contributed by atoms with Gasteiger partial charge in [0.1, 0.15) is 11.4 Å². The fourth-order valence-electron chi connectivity index (χ4n) is 2.45. The number of carbonyl (C=O) groups is 2. The van der Waals surface area contributed by atoms with Crippen molar-refractivity contribution in [3.63, 3.8) is 0 Å². The Labute approximate surface area is 157 Å². The second-order valence-electron chi connectivity index (χ2n) is 5.76. The van der Waals surface area contributed by atoms with Crippen LogP contribution in [0.5, 0.6) is 11.5 Å². The lowest BCUT2D eigenvalue weighted by Crippen LogP contribution is -2.37. The molecule has 1 atom stereocenters. The number of hydrogen-bond acceptors (Lipinski definition) is 5. The van der Waals surface area contributed by atoms with Crippen LogP contribution in [0.25, 0.3) is 0 Å². The molecule has 0 fully saturated rings. The van der Waals surface area contributed by atoms with Crippen molar-refractivity contribution in [1.82, 2.24) is 5.32 Å². The summed E-state index contributed by atoms with van der Waals surface area (Å²) in [6.45, 7) is 1.83. The molecule has 144 valence electrons. The average molecular weight is 375 g/mol. The Kier molecular flexibility index (Phi) is 7.16. The number of amides is 1. The molecule has 0 unspecified atom stereocenters. The zero-order valence-electron chi connectivity index (χ0n) is 15.5. The molecule has 2 rings (SSSR count). The van der Waals surface area contributed by atoms with Crippen molar-refractivity contribution in [2.45, 2.75) is 19.4 Å². The first-order valence-electron chi connectivity index (χ1n) is 8.40. The normalized spacial score (nSPS) is 11.4. The number of nitrogens with one attached hydrogen (secondary N) is 1. The van der Waals surface area contributed by atoms with Gasteiger partial charge in [0.2, 0.25) is 0 Å². The van der Waals surface area contributed by atoms with Crippen LogP contribution in [-0.4, -0.2) is 38.7 Å². The van der Waals surface area contributed by atoms with Gasteiger partial charge >= 0.3 is 5.97 Å². The van der Waals surface area contributed by atoms with Gasteiger partial charge in [0.15, 0.2) is 17.6 Å². The zero-order valence-corrected chi connectivity index (χ0v) is 15.5. The summed E-state index contributed by atoms with van der Waals surface area (Å²) in [6, 6.07) is 10.8. The molecule has 27 heavy (non-hydrogen) atoms. The molecule has 0 saturated carbocycles.